The number of amides is 2. The van der Waals surface area contributed by atoms with Crippen LogP contribution in [0.25, 0.3) is 0 Å². The number of carboxylic acid groups (broad SMARTS) is 1. The highest BCUT2D eigenvalue weighted by atomic mass is 16.6. The number of ether oxygens (including phenoxy) is 1. The Kier molecular flexibility index (Phi) is 7.39. The second kappa shape index (κ2) is 8.88. The van der Waals surface area contributed by atoms with Crippen LogP contribution >= 0.6 is 0 Å². The molecule has 0 aliphatic rings. The summed E-state index contributed by atoms with van der Waals surface area (Å²) in [7, 11) is 0. The van der Waals surface area contributed by atoms with Gasteiger partial charge < -0.3 is 20.5 Å². The van der Waals surface area contributed by atoms with Gasteiger partial charge in [-0.05, 0) is 31.7 Å². The molecule has 0 heterocycles. The minimum atomic E-state index is -1.14. The molecule has 0 unspecified atom stereocenters. The van der Waals surface area contributed by atoms with Gasteiger partial charge in [-0.25, -0.2) is 9.59 Å². The quantitative estimate of drug-likeness (QED) is 0.706. The Balaban J connectivity index is 2.90. The van der Waals surface area contributed by atoms with Gasteiger partial charge >= 0.3 is 12.1 Å². The molecule has 0 saturated carbocycles. The van der Waals surface area contributed by atoms with Crippen molar-refractivity contribution in [3.8, 4) is 0 Å². The topological polar surface area (TPSA) is 105 Å². The van der Waals surface area contributed by atoms with Crippen LogP contribution in [-0.4, -0.2) is 40.8 Å². The zero-order valence-electron chi connectivity index (χ0n) is 16.8. The summed E-state index contributed by atoms with van der Waals surface area (Å²) >= 11 is 0. The highest BCUT2D eigenvalue weighted by molar-refractivity contribution is 5.90. The predicted octanol–water partition coefficient (Wildman–Crippen LogP) is 2.74. The van der Waals surface area contributed by atoms with Gasteiger partial charge in [0.05, 0.1) is 0 Å². The van der Waals surface area contributed by atoms with Gasteiger partial charge in [0.2, 0.25) is 5.91 Å². The number of hydrogen-bond acceptors (Lipinski definition) is 4. The van der Waals surface area contributed by atoms with Crippen molar-refractivity contribution in [3.63, 3.8) is 0 Å². The van der Waals surface area contributed by atoms with Gasteiger partial charge in [-0.2, -0.15) is 0 Å². The van der Waals surface area contributed by atoms with E-state index in [-0.39, 0.29) is 6.42 Å². The van der Waals surface area contributed by atoms with Crippen LogP contribution in [0.3, 0.4) is 0 Å². The summed E-state index contributed by atoms with van der Waals surface area (Å²) < 4.78 is 5.22. The lowest BCUT2D eigenvalue weighted by atomic mass is 9.86. The molecule has 0 fully saturated rings. The molecule has 0 spiro atoms. The van der Waals surface area contributed by atoms with Crippen molar-refractivity contribution in [3.05, 3.63) is 35.9 Å². The van der Waals surface area contributed by atoms with Crippen LogP contribution in [0.1, 0.15) is 47.1 Å². The Morgan fingerprint density at radius 3 is 2.00 bits per heavy atom. The molecule has 1 rings (SSSR count). The summed E-state index contributed by atoms with van der Waals surface area (Å²) in [4.78, 5) is 36.4. The summed E-state index contributed by atoms with van der Waals surface area (Å²) in [5.74, 6) is -1.71. The van der Waals surface area contributed by atoms with Crippen LogP contribution in [0, 0.1) is 5.41 Å². The first-order valence-electron chi connectivity index (χ1n) is 8.86. The first kappa shape index (κ1) is 22.5. The predicted molar refractivity (Wildman–Crippen MR) is 102 cm³/mol. The van der Waals surface area contributed by atoms with E-state index in [1.807, 2.05) is 6.07 Å². The van der Waals surface area contributed by atoms with Crippen molar-refractivity contribution in [1.29, 1.82) is 0 Å². The largest absolute Gasteiger partial charge is 0.480 e. The number of carbonyl (C=O) groups is 3. The molecular formula is C20H30N2O5. The molecule has 1 aromatic rings. The molecule has 1 aromatic carbocycles. The molecule has 0 bridgehead atoms. The summed E-state index contributed by atoms with van der Waals surface area (Å²) in [6, 6.07) is 6.97. The maximum Gasteiger partial charge on any atom is 0.408 e. The number of hydrogen-bond donors (Lipinski definition) is 3. The highest BCUT2D eigenvalue weighted by Gasteiger charge is 2.36. The molecule has 3 N–H and O–H groups in total. The van der Waals surface area contributed by atoms with E-state index >= 15 is 0 Å². The van der Waals surface area contributed by atoms with Crippen LogP contribution in [0.5, 0.6) is 0 Å². The molecule has 150 valence electrons. The van der Waals surface area contributed by atoms with Crippen molar-refractivity contribution in [2.45, 2.75) is 65.6 Å². The molecule has 2 amide bonds. The molecule has 0 saturated heterocycles. The first-order chi connectivity index (χ1) is 12.3. The van der Waals surface area contributed by atoms with Crippen molar-refractivity contribution >= 4 is 18.0 Å². The molecular weight excluding hydrogens is 348 g/mol. The molecule has 7 nitrogen and oxygen atoms in total. The molecule has 0 aliphatic heterocycles. The minimum Gasteiger partial charge on any atom is -0.480 e. The second-order valence-electron chi connectivity index (χ2n) is 8.53. The number of carboxylic acids is 1. The fourth-order valence-electron chi connectivity index (χ4n) is 2.41. The third kappa shape index (κ3) is 8.11. The number of alkyl carbamates (subject to hydrolysis) is 1. The van der Waals surface area contributed by atoms with Crippen molar-refractivity contribution in [2.75, 3.05) is 0 Å². The standard InChI is InChI=1S/C20H30N2O5/c1-19(2,3)15(22-18(26)27-20(4,5)6)16(23)21-14(17(24)25)12-13-10-8-7-9-11-13/h7-11,14-15H,12H2,1-6H3,(H,21,23)(H,22,26)(H,24,25)/t14-,15-/m1/s1. The monoisotopic (exact) mass is 378 g/mol. The second-order valence-corrected chi connectivity index (χ2v) is 8.53. The van der Waals surface area contributed by atoms with Crippen molar-refractivity contribution in [1.82, 2.24) is 10.6 Å². The Labute approximate surface area is 160 Å². The van der Waals surface area contributed by atoms with Gasteiger partial charge in [-0.15, -0.1) is 0 Å². The average molecular weight is 378 g/mol. The smallest absolute Gasteiger partial charge is 0.408 e. The van der Waals surface area contributed by atoms with E-state index in [0.29, 0.717) is 0 Å². The maximum atomic E-state index is 12.8. The zero-order valence-corrected chi connectivity index (χ0v) is 16.8. The summed E-state index contributed by atoms with van der Waals surface area (Å²) in [5, 5.41) is 14.6. The van der Waals surface area contributed by atoms with E-state index in [1.54, 1.807) is 65.8 Å². The van der Waals surface area contributed by atoms with E-state index in [2.05, 4.69) is 10.6 Å². The Morgan fingerprint density at radius 1 is 1.00 bits per heavy atom. The number of benzene rings is 1. The molecule has 27 heavy (non-hydrogen) atoms. The molecule has 2 atom stereocenters. The molecule has 0 radical (unpaired) electrons. The number of nitrogens with one attached hydrogen (secondary N) is 2. The van der Waals surface area contributed by atoms with E-state index < -0.39 is 41.1 Å². The average Bonchev–Trinajstić information content (AvgIpc) is 2.50. The van der Waals surface area contributed by atoms with E-state index in [1.165, 1.54) is 0 Å². The number of aliphatic carboxylic acids is 1. The minimum absolute atomic E-state index is 0.144. The first-order valence-corrected chi connectivity index (χ1v) is 8.86. The Morgan fingerprint density at radius 2 is 1.56 bits per heavy atom. The van der Waals surface area contributed by atoms with Gasteiger partial charge in [0.25, 0.3) is 0 Å². The summed E-state index contributed by atoms with van der Waals surface area (Å²) in [6.07, 6.45) is -0.585. The lowest BCUT2D eigenvalue weighted by Crippen LogP contribution is -2.57. The third-order valence-corrected chi connectivity index (χ3v) is 3.69. The van der Waals surface area contributed by atoms with Gasteiger partial charge in [0.1, 0.15) is 17.7 Å². The van der Waals surface area contributed by atoms with Crippen LogP contribution < -0.4 is 10.6 Å². The fraction of sp³-hybridized carbons (Fsp3) is 0.550. The summed E-state index contributed by atoms with van der Waals surface area (Å²) in [6.45, 7) is 10.5. The third-order valence-electron chi connectivity index (χ3n) is 3.69. The maximum absolute atomic E-state index is 12.8. The van der Waals surface area contributed by atoms with E-state index in [4.69, 9.17) is 4.74 Å². The Hall–Kier alpha value is -2.57. The van der Waals surface area contributed by atoms with Gasteiger partial charge in [-0.1, -0.05) is 51.1 Å². The fourth-order valence-corrected chi connectivity index (χ4v) is 2.41. The van der Waals surface area contributed by atoms with Crippen LogP contribution in [-0.2, 0) is 20.7 Å². The molecule has 0 aromatic heterocycles. The molecule has 7 heteroatoms. The SMILES string of the molecule is CC(C)(C)OC(=O)N[C@H](C(=O)N[C@H](Cc1ccccc1)C(=O)O)C(C)(C)C. The van der Waals surface area contributed by atoms with Crippen LogP contribution in [0.15, 0.2) is 30.3 Å². The number of carbonyl (C=O) groups excluding carboxylic acids is 2. The molecule has 0 aliphatic carbocycles. The van der Waals surface area contributed by atoms with Gasteiger partial charge in [0.15, 0.2) is 0 Å². The van der Waals surface area contributed by atoms with Crippen molar-refractivity contribution < 1.29 is 24.2 Å². The normalized spacial score (nSPS) is 14.0. The lowest BCUT2D eigenvalue weighted by molar-refractivity contribution is -0.142. The highest BCUT2D eigenvalue weighted by Crippen LogP contribution is 2.20. The van der Waals surface area contributed by atoms with Crippen LogP contribution in [0.2, 0.25) is 0 Å². The zero-order chi connectivity index (χ0) is 20.8. The number of rotatable bonds is 6. The van der Waals surface area contributed by atoms with Gasteiger partial charge in [-0.3, -0.25) is 4.79 Å². The van der Waals surface area contributed by atoms with E-state index in [9.17, 15) is 19.5 Å². The lowest BCUT2D eigenvalue weighted by Gasteiger charge is -2.32. The van der Waals surface area contributed by atoms with Gasteiger partial charge in [0, 0.05) is 6.42 Å². The van der Waals surface area contributed by atoms with Crippen molar-refractivity contribution in [2.24, 2.45) is 5.41 Å². The summed E-state index contributed by atoms with van der Waals surface area (Å²) in [5.41, 5.74) is -0.561. The Bertz CT molecular complexity index is 659. The van der Waals surface area contributed by atoms with E-state index in [0.717, 1.165) is 5.56 Å². The van der Waals surface area contributed by atoms with Crippen LogP contribution in [0.4, 0.5) is 4.79 Å².